The Morgan fingerprint density at radius 3 is 3.11 bits per heavy atom. The van der Waals surface area contributed by atoms with E-state index >= 15 is 0 Å². The molecule has 3 nitrogen and oxygen atoms in total. The average Bonchev–Trinajstić information content (AvgIpc) is 2.65. The van der Waals surface area contributed by atoms with E-state index in [1.54, 1.807) is 7.11 Å². The lowest BCUT2D eigenvalue weighted by Crippen LogP contribution is -2.37. The third-order valence-corrected chi connectivity index (χ3v) is 3.53. The van der Waals surface area contributed by atoms with Crippen LogP contribution in [0, 0.1) is 0 Å². The van der Waals surface area contributed by atoms with Gasteiger partial charge in [0.25, 0.3) is 0 Å². The van der Waals surface area contributed by atoms with Crippen LogP contribution in [0.15, 0.2) is 24.3 Å². The highest BCUT2D eigenvalue weighted by Crippen LogP contribution is 2.22. The fourth-order valence-electron chi connectivity index (χ4n) is 2.58. The summed E-state index contributed by atoms with van der Waals surface area (Å²) in [6, 6.07) is 9.00. The molecule has 0 aliphatic carbocycles. The molecule has 1 fully saturated rings. The van der Waals surface area contributed by atoms with Crippen molar-refractivity contribution in [1.29, 1.82) is 0 Å². The molecule has 1 aromatic carbocycles. The van der Waals surface area contributed by atoms with Crippen LogP contribution >= 0.6 is 0 Å². The lowest BCUT2D eigenvalue weighted by atomic mass is 10.1. The van der Waals surface area contributed by atoms with E-state index in [1.807, 2.05) is 6.07 Å². The zero-order chi connectivity index (χ0) is 12.8. The van der Waals surface area contributed by atoms with Crippen LogP contribution in [0.2, 0.25) is 0 Å². The predicted molar refractivity (Wildman–Crippen MR) is 76.5 cm³/mol. The predicted octanol–water partition coefficient (Wildman–Crippen LogP) is 2.66. The van der Waals surface area contributed by atoms with E-state index < -0.39 is 0 Å². The number of rotatable bonds is 4. The Balaban J connectivity index is 2.09. The molecular formula is C15H24N2O. The lowest BCUT2D eigenvalue weighted by molar-refractivity contribution is 0.414. The van der Waals surface area contributed by atoms with Crippen molar-refractivity contribution in [2.75, 3.05) is 31.6 Å². The van der Waals surface area contributed by atoms with E-state index in [0.717, 1.165) is 25.4 Å². The van der Waals surface area contributed by atoms with Crippen molar-refractivity contribution in [1.82, 2.24) is 5.32 Å². The summed E-state index contributed by atoms with van der Waals surface area (Å²) in [5.74, 6) is 0.941. The molecule has 2 rings (SSSR count). The Labute approximate surface area is 110 Å². The topological polar surface area (TPSA) is 24.5 Å². The number of benzene rings is 1. The second-order valence-corrected chi connectivity index (χ2v) is 4.94. The van der Waals surface area contributed by atoms with Crippen LogP contribution in [0.3, 0.4) is 0 Å². The summed E-state index contributed by atoms with van der Waals surface area (Å²) < 4.78 is 5.31. The minimum Gasteiger partial charge on any atom is -0.497 e. The van der Waals surface area contributed by atoms with Gasteiger partial charge in [-0.15, -0.1) is 0 Å². The van der Waals surface area contributed by atoms with Gasteiger partial charge in [-0.25, -0.2) is 0 Å². The van der Waals surface area contributed by atoms with E-state index in [1.165, 1.54) is 24.9 Å². The molecule has 0 aromatic heterocycles. The van der Waals surface area contributed by atoms with Crippen LogP contribution in [0.5, 0.6) is 5.75 Å². The van der Waals surface area contributed by atoms with Gasteiger partial charge in [0, 0.05) is 30.9 Å². The molecule has 1 saturated heterocycles. The number of nitrogens with zero attached hydrogens (tertiary/aromatic N) is 1. The van der Waals surface area contributed by atoms with E-state index in [9.17, 15) is 0 Å². The molecule has 1 aromatic rings. The summed E-state index contributed by atoms with van der Waals surface area (Å²) in [5, 5.41) is 3.64. The number of anilines is 1. The van der Waals surface area contributed by atoms with Gasteiger partial charge in [0.2, 0.25) is 0 Å². The van der Waals surface area contributed by atoms with Crippen molar-refractivity contribution in [3.63, 3.8) is 0 Å². The Morgan fingerprint density at radius 2 is 2.33 bits per heavy atom. The molecular weight excluding hydrogens is 224 g/mol. The van der Waals surface area contributed by atoms with Gasteiger partial charge in [-0.3, -0.25) is 0 Å². The van der Waals surface area contributed by atoms with E-state index in [0.29, 0.717) is 6.04 Å². The van der Waals surface area contributed by atoms with Crippen molar-refractivity contribution in [3.05, 3.63) is 24.3 Å². The molecule has 3 heteroatoms. The fraction of sp³-hybridized carbons (Fsp3) is 0.600. The maximum Gasteiger partial charge on any atom is 0.120 e. The molecule has 1 heterocycles. The first-order valence-electron chi connectivity index (χ1n) is 6.96. The highest BCUT2D eigenvalue weighted by Gasteiger charge is 2.17. The van der Waals surface area contributed by atoms with Gasteiger partial charge in [-0.1, -0.05) is 19.4 Å². The summed E-state index contributed by atoms with van der Waals surface area (Å²) in [5.41, 5.74) is 1.28. The first-order chi connectivity index (χ1) is 8.83. The third kappa shape index (κ3) is 3.39. The molecule has 1 N–H and O–H groups in total. The molecule has 0 amide bonds. The first kappa shape index (κ1) is 13.2. The minimum atomic E-state index is 0.615. The number of hydrogen-bond acceptors (Lipinski definition) is 3. The van der Waals surface area contributed by atoms with Crippen LogP contribution in [0.1, 0.15) is 26.2 Å². The van der Waals surface area contributed by atoms with E-state index in [-0.39, 0.29) is 0 Å². The molecule has 18 heavy (non-hydrogen) atoms. The first-order valence-corrected chi connectivity index (χ1v) is 6.96. The molecule has 1 atom stereocenters. The lowest BCUT2D eigenvalue weighted by Gasteiger charge is -2.26. The maximum absolute atomic E-state index is 5.31. The highest BCUT2D eigenvalue weighted by atomic mass is 16.5. The molecule has 0 bridgehead atoms. The summed E-state index contributed by atoms with van der Waals surface area (Å²) in [6.07, 6.45) is 3.70. The smallest absolute Gasteiger partial charge is 0.120 e. The number of methoxy groups -OCH3 is 1. The second kappa shape index (κ2) is 6.64. The van der Waals surface area contributed by atoms with Crippen LogP contribution in [-0.4, -0.2) is 32.8 Å². The van der Waals surface area contributed by atoms with Crippen molar-refractivity contribution < 1.29 is 4.74 Å². The van der Waals surface area contributed by atoms with E-state index in [2.05, 4.69) is 35.3 Å². The maximum atomic E-state index is 5.31. The highest BCUT2D eigenvalue weighted by molar-refractivity contribution is 5.51. The van der Waals surface area contributed by atoms with E-state index in [4.69, 9.17) is 4.74 Å². The Kier molecular flexibility index (Phi) is 4.88. The third-order valence-electron chi connectivity index (χ3n) is 3.53. The van der Waals surface area contributed by atoms with Gasteiger partial charge in [-0.2, -0.15) is 0 Å². The van der Waals surface area contributed by atoms with Crippen LogP contribution in [-0.2, 0) is 0 Å². The average molecular weight is 248 g/mol. The molecule has 0 spiro atoms. The quantitative estimate of drug-likeness (QED) is 0.886. The van der Waals surface area contributed by atoms with Gasteiger partial charge in [-0.05, 0) is 31.5 Å². The zero-order valence-corrected chi connectivity index (χ0v) is 11.5. The summed E-state index contributed by atoms with van der Waals surface area (Å²) in [6.45, 7) is 5.61. The largest absolute Gasteiger partial charge is 0.497 e. The molecule has 1 unspecified atom stereocenters. The monoisotopic (exact) mass is 248 g/mol. The van der Waals surface area contributed by atoms with Gasteiger partial charge in [0.05, 0.1) is 7.11 Å². The van der Waals surface area contributed by atoms with Crippen molar-refractivity contribution in [2.45, 2.75) is 32.2 Å². The molecule has 1 aliphatic rings. The number of nitrogens with one attached hydrogen (secondary N) is 1. The van der Waals surface area contributed by atoms with Gasteiger partial charge in [0.15, 0.2) is 0 Å². The van der Waals surface area contributed by atoms with Crippen LogP contribution < -0.4 is 15.0 Å². The van der Waals surface area contributed by atoms with Crippen molar-refractivity contribution in [2.24, 2.45) is 0 Å². The summed E-state index contributed by atoms with van der Waals surface area (Å²) >= 11 is 0. The Morgan fingerprint density at radius 1 is 1.44 bits per heavy atom. The van der Waals surface area contributed by atoms with Gasteiger partial charge >= 0.3 is 0 Å². The summed E-state index contributed by atoms with van der Waals surface area (Å²) in [7, 11) is 1.73. The van der Waals surface area contributed by atoms with Crippen LogP contribution in [0.4, 0.5) is 5.69 Å². The van der Waals surface area contributed by atoms with Gasteiger partial charge in [0.1, 0.15) is 5.75 Å². The van der Waals surface area contributed by atoms with Crippen LogP contribution in [0.25, 0.3) is 0 Å². The molecule has 0 saturated carbocycles. The zero-order valence-electron chi connectivity index (χ0n) is 11.5. The number of ether oxygens (including phenoxy) is 1. The van der Waals surface area contributed by atoms with Crippen molar-refractivity contribution >= 4 is 5.69 Å². The van der Waals surface area contributed by atoms with Crippen molar-refractivity contribution in [3.8, 4) is 5.75 Å². The van der Waals surface area contributed by atoms with Gasteiger partial charge < -0.3 is 15.0 Å². The molecule has 1 aliphatic heterocycles. The molecule has 100 valence electrons. The Hall–Kier alpha value is -1.22. The SMILES string of the molecule is CCCC1CN(c2cccc(OC)c2)CCCN1. The Bertz CT molecular complexity index is 367. The normalized spacial score (nSPS) is 20.6. The fourth-order valence-corrected chi connectivity index (χ4v) is 2.58. The summed E-state index contributed by atoms with van der Waals surface area (Å²) in [4.78, 5) is 2.48. The standard InChI is InChI=1S/C15H24N2O/c1-3-6-13-12-17(10-5-9-16-13)14-7-4-8-15(11-14)18-2/h4,7-8,11,13,16H,3,5-6,9-10,12H2,1-2H3. The second-order valence-electron chi connectivity index (χ2n) is 4.94. The minimum absolute atomic E-state index is 0.615. The number of hydrogen-bond donors (Lipinski definition) is 1. The molecule has 0 radical (unpaired) electrons.